The lowest BCUT2D eigenvalue weighted by molar-refractivity contribution is -0.659. The zero-order chi connectivity index (χ0) is 16.9. The van der Waals surface area contributed by atoms with Crippen molar-refractivity contribution in [3.63, 3.8) is 0 Å². The number of fused-ring (bicyclic) bond motifs is 1. The normalized spacial score (nSPS) is 10.5. The summed E-state index contributed by atoms with van der Waals surface area (Å²) in [6.07, 6.45) is 0. The third-order valence-corrected chi connectivity index (χ3v) is 3.82. The second-order valence-electron chi connectivity index (χ2n) is 5.37. The fourth-order valence-corrected chi connectivity index (χ4v) is 2.68. The van der Waals surface area contributed by atoms with E-state index in [1.165, 1.54) is 0 Å². The highest BCUT2D eigenvalue weighted by Crippen LogP contribution is 2.12. The van der Waals surface area contributed by atoms with E-state index in [1.54, 1.807) is 29.7 Å². The molecule has 0 aliphatic heterocycles. The van der Waals surface area contributed by atoms with Gasteiger partial charge in [0.05, 0.1) is 6.61 Å². The summed E-state index contributed by atoms with van der Waals surface area (Å²) in [5.41, 5.74) is 1.82. The van der Waals surface area contributed by atoms with Crippen molar-refractivity contribution in [2.45, 2.75) is 13.5 Å². The SMILES string of the molecule is CCOC(=O)c1ccc2ccccc2[n+]1CC(=O)c1ccccc1. The number of carbonyl (C=O) groups excluding carboxylic acids is 2. The molecule has 0 spiro atoms. The van der Waals surface area contributed by atoms with Crippen molar-refractivity contribution in [1.29, 1.82) is 0 Å². The molecule has 1 aromatic heterocycles. The second-order valence-corrected chi connectivity index (χ2v) is 5.37. The Balaban J connectivity index is 2.08. The van der Waals surface area contributed by atoms with Crippen LogP contribution in [0.3, 0.4) is 0 Å². The first-order valence-electron chi connectivity index (χ1n) is 7.87. The van der Waals surface area contributed by atoms with Gasteiger partial charge in [0.25, 0.3) is 5.69 Å². The van der Waals surface area contributed by atoms with E-state index >= 15 is 0 Å². The molecule has 0 unspecified atom stereocenters. The average Bonchev–Trinajstić information content (AvgIpc) is 2.63. The zero-order valence-electron chi connectivity index (χ0n) is 13.4. The second kappa shape index (κ2) is 7.04. The first kappa shape index (κ1) is 15.9. The number of Topliss-reactive ketones (excluding diaryl/α,β-unsaturated/α-hetero) is 1. The summed E-state index contributed by atoms with van der Waals surface area (Å²) in [6.45, 7) is 2.14. The van der Waals surface area contributed by atoms with Crippen LogP contribution in [0.5, 0.6) is 0 Å². The molecule has 1 heterocycles. The van der Waals surface area contributed by atoms with Crippen molar-refractivity contribution >= 4 is 22.7 Å². The highest BCUT2D eigenvalue weighted by atomic mass is 16.5. The Morgan fingerprint density at radius 1 is 0.917 bits per heavy atom. The molecule has 0 fully saturated rings. The fourth-order valence-electron chi connectivity index (χ4n) is 2.68. The molecular weight excluding hydrogens is 302 g/mol. The van der Waals surface area contributed by atoms with Crippen molar-refractivity contribution in [1.82, 2.24) is 0 Å². The number of esters is 1. The number of hydrogen-bond donors (Lipinski definition) is 0. The Hall–Kier alpha value is -3.01. The summed E-state index contributed by atoms with van der Waals surface area (Å²) < 4.78 is 6.86. The molecule has 0 atom stereocenters. The Morgan fingerprint density at radius 3 is 2.38 bits per heavy atom. The lowest BCUT2D eigenvalue weighted by Gasteiger charge is -2.07. The number of para-hydroxylation sites is 1. The molecule has 0 N–H and O–H groups in total. The van der Waals surface area contributed by atoms with Crippen LogP contribution < -0.4 is 4.57 Å². The lowest BCUT2D eigenvalue weighted by Crippen LogP contribution is -2.44. The van der Waals surface area contributed by atoms with Gasteiger partial charge in [-0.2, -0.15) is 4.57 Å². The van der Waals surface area contributed by atoms with E-state index in [-0.39, 0.29) is 18.9 Å². The lowest BCUT2D eigenvalue weighted by atomic mass is 10.1. The average molecular weight is 320 g/mol. The summed E-state index contributed by atoms with van der Waals surface area (Å²) in [7, 11) is 0. The van der Waals surface area contributed by atoms with Crippen molar-refractivity contribution in [3.05, 3.63) is 78.0 Å². The van der Waals surface area contributed by atoms with Gasteiger partial charge < -0.3 is 4.74 Å². The van der Waals surface area contributed by atoms with Crippen LogP contribution in [0.1, 0.15) is 27.8 Å². The van der Waals surface area contributed by atoms with Gasteiger partial charge in [0.1, 0.15) is 0 Å². The molecule has 0 aliphatic rings. The van der Waals surface area contributed by atoms with Gasteiger partial charge in [0, 0.05) is 23.1 Å². The Kier molecular flexibility index (Phi) is 4.66. The fraction of sp³-hybridized carbons (Fsp3) is 0.150. The van der Waals surface area contributed by atoms with Crippen molar-refractivity contribution in [3.8, 4) is 0 Å². The first-order chi connectivity index (χ1) is 11.7. The van der Waals surface area contributed by atoms with Gasteiger partial charge in [-0.25, -0.2) is 4.79 Å². The minimum atomic E-state index is -0.427. The van der Waals surface area contributed by atoms with E-state index in [4.69, 9.17) is 4.74 Å². The van der Waals surface area contributed by atoms with Gasteiger partial charge in [-0.05, 0) is 19.1 Å². The van der Waals surface area contributed by atoms with Crippen molar-refractivity contribution in [2.75, 3.05) is 6.61 Å². The van der Waals surface area contributed by atoms with Crippen LogP contribution >= 0.6 is 0 Å². The maximum atomic E-state index is 12.6. The Labute approximate surface area is 140 Å². The zero-order valence-corrected chi connectivity index (χ0v) is 13.4. The summed E-state index contributed by atoms with van der Waals surface area (Å²) in [5.74, 6) is -0.480. The maximum Gasteiger partial charge on any atom is 0.403 e. The van der Waals surface area contributed by atoms with Crippen molar-refractivity contribution in [2.24, 2.45) is 0 Å². The Bertz CT molecular complexity index is 888. The molecule has 0 aliphatic carbocycles. The number of hydrogen-bond acceptors (Lipinski definition) is 3. The number of rotatable bonds is 5. The van der Waals surface area contributed by atoms with Gasteiger partial charge in [-0.3, -0.25) is 4.79 Å². The van der Waals surface area contributed by atoms with Crippen LogP contribution in [0.25, 0.3) is 10.9 Å². The number of nitrogens with zero attached hydrogens (tertiary/aromatic N) is 1. The van der Waals surface area contributed by atoms with E-state index in [0.717, 1.165) is 10.9 Å². The minimum absolute atomic E-state index is 0.0532. The topological polar surface area (TPSA) is 47.2 Å². The molecule has 0 bridgehead atoms. The smallest absolute Gasteiger partial charge is 0.403 e. The number of ether oxygens (including phenoxy) is 1. The standard InChI is InChI=1S/C20H18NO3/c1-2-24-20(23)18-13-12-15-8-6-7-11-17(15)21(18)14-19(22)16-9-4-3-5-10-16/h3-13H,2,14H2,1H3/q+1. The molecule has 4 nitrogen and oxygen atoms in total. The summed E-state index contributed by atoms with van der Waals surface area (Å²) >= 11 is 0. The molecular formula is C20H18NO3+. The van der Waals surface area contributed by atoms with Gasteiger partial charge in [0.2, 0.25) is 17.8 Å². The highest BCUT2D eigenvalue weighted by Gasteiger charge is 2.25. The van der Waals surface area contributed by atoms with Gasteiger partial charge in [-0.1, -0.05) is 42.5 Å². The number of benzene rings is 2. The van der Waals surface area contributed by atoms with Gasteiger partial charge in [-0.15, -0.1) is 0 Å². The monoisotopic (exact) mass is 320 g/mol. The molecule has 0 saturated heterocycles. The van der Waals surface area contributed by atoms with Gasteiger partial charge in [0.15, 0.2) is 0 Å². The van der Waals surface area contributed by atoms with Crippen LogP contribution in [0.15, 0.2) is 66.7 Å². The number of pyridine rings is 1. The molecule has 3 aromatic rings. The van der Waals surface area contributed by atoms with E-state index in [9.17, 15) is 9.59 Å². The van der Waals surface area contributed by atoms with Crippen LogP contribution in [-0.2, 0) is 11.3 Å². The third kappa shape index (κ3) is 3.18. The van der Waals surface area contributed by atoms with Gasteiger partial charge >= 0.3 is 5.97 Å². The molecule has 4 heteroatoms. The molecule has 2 aromatic carbocycles. The highest BCUT2D eigenvalue weighted by molar-refractivity contribution is 5.95. The summed E-state index contributed by atoms with van der Waals surface area (Å²) in [4.78, 5) is 24.9. The number of aromatic nitrogens is 1. The third-order valence-electron chi connectivity index (χ3n) is 3.82. The predicted octanol–water partition coefficient (Wildman–Crippen LogP) is 3.19. The van der Waals surface area contributed by atoms with E-state index in [2.05, 4.69) is 0 Å². The largest absolute Gasteiger partial charge is 0.458 e. The quantitative estimate of drug-likeness (QED) is 0.412. The minimum Gasteiger partial charge on any atom is -0.458 e. The molecule has 0 radical (unpaired) electrons. The Morgan fingerprint density at radius 2 is 1.62 bits per heavy atom. The van der Waals surface area contributed by atoms with Crippen LogP contribution in [-0.4, -0.2) is 18.4 Å². The molecule has 0 amide bonds. The summed E-state index contributed by atoms with van der Waals surface area (Å²) in [5, 5.41) is 0.964. The molecule has 24 heavy (non-hydrogen) atoms. The van der Waals surface area contributed by atoms with Crippen LogP contribution in [0.4, 0.5) is 0 Å². The van der Waals surface area contributed by atoms with Crippen LogP contribution in [0, 0.1) is 0 Å². The first-order valence-corrected chi connectivity index (χ1v) is 7.87. The summed E-state index contributed by atoms with van der Waals surface area (Å²) in [6, 6.07) is 20.3. The van der Waals surface area contributed by atoms with Crippen molar-refractivity contribution < 1.29 is 18.9 Å². The van der Waals surface area contributed by atoms with Crippen LogP contribution in [0.2, 0.25) is 0 Å². The predicted molar refractivity (Wildman–Crippen MR) is 90.9 cm³/mol. The van der Waals surface area contributed by atoms with E-state index in [0.29, 0.717) is 11.3 Å². The number of ketones is 1. The molecule has 120 valence electrons. The maximum absolute atomic E-state index is 12.6. The van der Waals surface area contributed by atoms with E-state index in [1.807, 2.05) is 48.5 Å². The number of carbonyl (C=O) groups is 2. The van der Waals surface area contributed by atoms with E-state index < -0.39 is 5.97 Å². The molecule has 3 rings (SSSR count). The molecule has 0 saturated carbocycles.